The van der Waals surface area contributed by atoms with Gasteiger partial charge < -0.3 is 19.7 Å². The average molecular weight is 382 g/mol. The molecular formula is C22H26N2O4. The zero-order valence-electron chi connectivity index (χ0n) is 16.3. The number of likely N-dealkylation sites (tertiary alicyclic amines) is 1. The lowest BCUT2D eigenvalue weighted by Gasteiger charge is -2.19. The Hall–Kier alpha value is -3.02. The molecule has 1 unspecified atom stereocenters. The molecule has 6 nitrogen and oxygen atoms in total. The fraction of sp³-hybridized carbons (Fsp3) is 0.364. The van der Waals surface area contributed by atoms with Gasteiger partial charge in [0.2, 0.25) is 5.91 Å². The SMILES string of the molecule is COc1cccc(C(=O)N2CCC(CC(=O)NCc3ccccc3)C2)c1OC. The van der Waals surface area contributed by atoms with E-state index in [2.05, 4.69) is 5.32 Å². The first-order chi connectivity index (χ1) is 13.6. The molecule has 0 bridgehead atoms. The van der Waals surface area contributed by atoms with Crippen LogP contribution in [0.2, 0.25) is 0 Å². The predicted molar refractivity (Wildman–Crippen MR) is 106 cm³/mol. The Balaban J connectivity index is 1.55. The molecule has 1 saturated heterocycles. The van der Waals surface area contributed by atoms with Gasteiger partial charge in [-0.1, -0.05) is 36.4 Å². The number of carbonyl (C=O) groups is 2. The number of nitrogens with one attached hydrogen (secondary N) is 1. The summed E-state index contributed by atoms with van der Waals surface area (Å²) >= 11 is 0. The van der Waals surface area contributed by atoms with Crippen molar-refractivity contribution in [2.75, 3.05) is 27.3 Å². The summed E-state index contributed by atoms with van der Waals surface area (Å²) in [5.41, 5.74) is 1.56. The molecule has 2 aromatic rings. The average Bonchev–Trinajstić information content (AvgIpc) is 3.20. The van der Waals surface area contributed by atoms with Crippen LogP contribution in [-0.4, -0.2) is 44.0 Å². The van der Waals surface area contributed by atoms with Gasteiger partial charge in [-0.3, -0.25) is 9.59 Å². The molecule has 1 atom stereocenters. The van der Waals surface area contributed by atoms with Gasteiger partial charge in [0.05, 0.1) is 19.8 Å². The molecular weight excluding hydrogens is 356 g/mol. The van der Waals surface area contributed by atoms with E-state index in [-0.39, 0.29) is 17.7 Å². The smallest absolute Gasteiger partial charge is 0.257 e. The minimum atomic E-state index is -0.0945. The quantitative estimate of drug-likeness (QED) is 0.800. The van der Waals surface area contributed by atoms with Crippen molar-refractivity contribution in [2.24, 2.45) is 5.92 Å². The molecule has 28 heavy (non-hydrogen) atoms. The maximum atomic E-state index is 12.9. The molecule has 0 aromatic heterocycles. The van der Waals surface area contributed by atoms with E-state index in [1.165, 1.54) is 7.11 Å². The van der Waals surface area contributed by atoms with Crippen LogP contribution in [0.3, 0.4) is 0 Å². The standard InChI is InChI=1S/C22H26N2O4/c1-27-19-10-6-9-18(21(19)28-2)22(26)24-12-11-17(15-24)13-20(25)23-14-16-7-4-3-5-8-16/h3-10,17H,11-15H2,1-2H3,(H,23,25). The molecule has 6 heteroatoms. The summed E-state index contributed by atoms with van der Waals surface area (Å²) in [5, 5.41) is 2.96. The van der Waals surface area contributed by atoms with Gasteiger partial charge in [-0.15, -0.1) is 0 Å². The zero-order chi connectivity index (χ0) is 19.9. The third kappa shape index (κ3) is 4.63. The fourth-order valence-electron chi connectivity index (χ4n) is 3.54. The molecule has 2 amide bonds. The number of amides is 2. The number of rotatable bonds is 7. The van der Waals surface area contributed by atoms with E-state index in [9.17, 15) is 9.59 Å². The molecule has 148 valence electrons. The number of nitrogens with zero attached hydrogens (tertiary/aromatic N) is 1. The van der Waals surface area contributed by atoms with Crippen molar-refractivity contribution in [3.63, 3.8) is 0 Å². The van der Waals surface area contributed by atoms with Crippen LogP contribution >= 0.6 is 0 Å². The monoisotopic (exact) mass is 382 g/mol. The number of carbonyl (C=O) groups excluding carboxylic acids is 2. The Kier molecular flexibility index (Phi) is 6.53. The van der Waals surface area contributed by atoms with E-state index in [1.807, 2.05) is 30.3 Å². The van der Waals surface area contributed by atoms with Gasteiger partial charge in [0.15, 0.2) is 11.5 Å². The maximum Gasteiger partial charge on any atom is 0.257 e. The van der Waals surface area contributed by atoms with Crippen LogP contribution in [0.5, 0.6) is 11.5 Å². The first-order valence-corrected chi connectivity index (χ1v) is 9.43. The summed E-state index contributed by atoms with van der Waals surface area (Å²) in [6.45, 7) is 1.73. The molecule has 3 rings (SSSR count). The Bertz CT molecular complexity index is 823. The van der Waals surface area contributed by atoms with E-state index in [0.717, 1.165) is 12.0 Å². The van der Waals surface area contributed by atoms with Crippen LogP contribution in [-0.2, 0) is 11.3 Å². The highest BCUT2D eigenvalue weighted by Gasteiger charge is 2.30. The van der Waals surface area contributed by atoms with Gasteiger partial charge in [0, 0.05) is 26.1 Å². The summed E-state index contributed by atoms with van der Waals surface area (Å²) in [4.78, 5) is 27.0. The number of benzene rings is 2. The highest BCUT2D eigenvalue weighted by atomic mass is 16.5. The van der Waals surface area contributed by atoms with Gasteiger partial charge in [0.1, 0.15) is 0 Å². The summed E-state index contributed by atoms with van der Waals surface area (Å²) < 4.78 is 10.7. The summed E-state index contributed by atoms with van der Waals surface area (Å²) in [6.07, 6.45) is 1.24. The summed E-state index contributed by atoms with van der Waals surface area (Å²) in [6, 6.07) is 15.1. The largest absolute Gasteiger partial charge is 0.493 e. The summed E-state index contributed by atoms with van der Waals surface area (Å²) in [7, 11) is 3.07. The van der Waals surface area contributed by atoms with E-state index >= 15 is 0 Å². The lowest BCUT2D eigenvalue weighted by Crippen LogP contribution is -2.30. The Morgan fingerprint density at radius 1 is 1.07 bits per heavy atom. The Morgan fingerprint density at radius 2 is 1.86 bits per heavy atom. The minimum absolute atomic E-state index is 0.0158. The number of hydrogen-bond donors (Lipinski definition) is 1. The molecule has 0 saturated carbocycles. The van der Waals surface area contributed by atoms with Gasteiger partial charge in [0.25, 0.3) is 5.91 Å². The van der Waals surface area contributed by atoms with Crippen molar-refractivity contribution in [2.45, 2.75) is 19.4 Å². The van der Waals surface area contributed by atoms with Crippen LogP contribution in [0, 0.1) is 5.92 Å². The third-order valence-electron chi connectivity index (χ3n) is 5.01. The second kappa shape index (κ2) is 9.26. The summed E-state index contributed by atoms with van der Waals surface area (Å²) in [5.74, 6) is 1.06. The first-order valence-electron chi connectivity index (χ1n) is 9.43. The molecule has 1 N–H and O–H groups in total. The Morgan fingerprint density at radius 3 is 2.57 bits per heavy atom. The van der Waals surface area contributed by atoms with Crippen LogP contribution < -0.4 is 14.8 Å². The van der Waals surface area contributed by atoms with Crippen molar-refractivity contribution < 1.29 is 19.1 Å². The highest BCUT2D eigenvalue weighted by molar-refractivity contribution is 5.98. The Labute approximate surface area is 165 Å². The third-order valence-corrected chi connectivity index (χ3v) is 5.01. The number of methoxy groups -OCH3 is 2. The zero-order valence-corrected chi connectivity index (χ0v) is 16.3. The van der Waals surface area contributed by atoms with E-state index in [4.69, 9.17) is 9.47 Å². The molecule has 1 aliphatic rings. The van der Waals surface area contributed by atoms with Crippen molar-refractivity contribution in [1.82, 2.24) is 10.2 Å². The van der Waals surface area contributed by atoms with Gasteiger partial charge in [-0.25, -0.2) is 0 Å². The van der Waals surface area contributed by atoms with Gasteiger partial charge >= 0.3 is 0 Å². The second-order valence-corrected chi connectivity index (χ2v) is 6.91. The molecule has 2 aromatic carbocycles. The van der Waals surface area contributed by atoms with Crippen molar-refractivity contribution in [3.05, 3.63) is 59.7 Å². The molecule has 1 heterocycles. The lowest BCUT2D eigenvalue weighted by molar-refractivity contribution is -0.122. The van der Waals surface area contributed by atoms with E-state index < -0.39 is 0 Å². The van der Waals surface area contributed by atoms with Crippen molar-refractivity contribution in [1.29, 1.82) is 0 Å². The lowest BCUT2D eigenvalue weighted by atomic mass is 10.0. The topological polar surface area (TPSA) is 67.9 Å². The fourth-order valence-corrected chi connectivity index (χ4v) is 3.54. The number of para-hydroxylation sites is 1. The van der Waals surface area contributed by atoms with Crippen molar-refractivity contribution in [3.8, 4) is 11.5 Å². The van der Waals surface area contributed by atoms with Crippen molar-refractivity contribution >= 4 is 11.8 Å². The van der Waals surface area contributed by atoms with Crippen LogP contribution in [0.4, 0.5) is 0 Å². The number of ether oxygens (including phenoxy) is 2. The number of hydrogen-bond acceptors (Lipinski definition) is 4. The van der Waals surface area contributed by atoms with Crippen LogP contribution in [0.1, 0.15) is 28.8 Å². The highest BCUT2D eigenvalue weighted by Crippen LogP contribution is 2.32. The van der Waals surface area contributed by atoms with Crippen LogP contribution in [0.15, 0.2) is 48.5 Å². The van der Waals surface area contributed by atoms with Crippen LogP contribution in [0.25, 0.3) is 0 Å². The first kappa shape index (κ1) is 19.7. The normalized spacial score (nSPS) is 15.9. The molecule has 0 radical (unpaired) electrons. The maximum absolute atomic E-state index is 12.9. The van der Waals surface area contributed by atoms with E-state index in [1.54, 1.807) is 30.2 Å². The molecule has 0 spiro atoms. The molecule has 1 fully saturated rings. The van der Waals surface area contributed by atoms with E-state index in [0.29, 0.717) is 43.1 Å². The molecule has 0 aliphatic carbocycles. The van der Waals surface area contributed by atoms with Gasteiger partial charge in [-0.2, -0.15) is 0 Å². The minimum Gasteiger partial charge on any atom is -0.493 e. The predicted octanol–water partition coefficient (Wildman–Crippen LogP) is 2.87. The van der Waals surface area contributed by atoms with Gasteiger partial charge in [-0.05, 0) is 30.0 Å². The molecule has 1 aliphatic heterocycles. The second-order valence-electron chi connectivity index (χ2n) is 6.91.